The summed E-state index contributed by atoms with van der Waals surface area (Å²) in [5, 5.41) is 0.768. The molecule has 2 aromatic carbocycles. The van der Waals surface area contributed by atoms with E-state index in [0.29, 0.717) is 11.9 Å². The number of hydrogen-bond acceptors (Lipinski definition) is 4. The SMILES string of the molecule is O=CCOc1cc2c(-c3ccccc3)cccc2oc1=O. The lowest BCUT2D eigenvalue weighted by atomic mass is 10.0. The minimum Gasteiger partial charge on any atom is -0.479 e. The van der Waals surface area contributed by atoms with E-state index in [4.69, 9.17) is 9.15 Å². The topological polar surface area (TPSA) is 56.5 Å². The Balaban J connectivity index is 2.22. The molecule has 3 rings (SSSR count). The van der Waals surface area contributed by atoms with Crippen molar-refractivity contribution in [3.8, 4) is 16.9 Å². The molecule has 1 aromatic heterocycles. The number of rotatable bonds is 4. The molecule has 0 saturated carbocycles. The van der Waals surface area contributed by atoms with Crippen molar-refractivity contribution in [3.63, 3.8) is 0 Å². The van der Waals surface area contributed by atoms with Crippen LogP contribution in [0, 0.1) is 0 Å². The standard InChI is InChI=1S/C17H12O4/c18-9-10-20-16-11-14-13(12-5-2-1-3-6-12)7-4-8-15(14)21-17(16)19/h1-9,11H,10H2. The third-order valence-electron chi connectivity index (χ3n) is 3.14. The van der Waals surface area contributed by atoms with Gasteiger partial charge in [0.15, 0.2) is 6.29 Å². The van der Waals surface area contributed by atoms with Crippen molar-refractivity contribution in [3.05, 3.63) is 65.0 Å². The molecule has 0 radical (unpaired) electrons. The maximum atomic E-state index is 11.8. The molecule has 4 heteroatoms. The predicted octanol–water partition coefficient (Wildman–Crippen LogP) is 3.04. The largest absolute Gasteiger partial charge is 0.479 e. The van der Waals surface area contributed by atoms with E-state index in [1.54, 1.807) is 12.1 Å². The van der Waals surface area contributed by atoms with Gasteiger partial charge in [-0.05, 0) is 23.3 Å². The summed E-state index contributed by atoms with van der Waals surface area (Å²) in [5.74, 6) is 0.0398. The Kier molecular flexibility index (Phi) is 3.51. The smallest absolute Gasteiger partial charge is 0.379 e. The summed E-state index contributed by atoms with van der Waals surface area (Å²) in [6, 6.07) is 16.9. The highest BCUT2D eigenvalue weighted by Crippen LogP contribution is 2.29. The zero-order valence-corrected chi connectivity index (χ0v) is 11.1. The monoisotopic (exact) mass is 280 g/mol. The van der Waals surface area contributed by atoms with E-state index < -0.39 is 5.63 Å². The van der Waals surface area contributed by atoms with Gasteiger partial charge in [-0.25, -0.2) is 4.79 Å². The Bertz CT molecular complexity index is 834. The number of fused-ring (bicyclic) bond motifs is 1. The molecule has 0 aliphatic rings. The Hall–Kier alpha value is -2.88. The van der Waals surface area contributed by atoms with Crippen molar-refractivity contribution in [2.45, 2.75) is 0 Å². The molecule has 0 unspecified atom stereocenters. The van der Waals surface area contributed by atoms with E-state index >= 15 is 0 Å². The minimum atomic E-state index is -0.588. The van der Waals surface area contributed by atoms with Gasteiger partial charge >= 0.3 is 5.63 Å². The van der Waals surface area contributed by atoms with Crippen LogP contribution in [0.4, 0.5) is 0 Å². The molecule has 0 saturated heterocycles. The van der Waals surface area contributed by atoms with E-state index in [9.17, 15) is 9.59 Å². The summed E-state index contributed by atoms with van der Waals surface area (Å²) in [5.41, 5.74) is 1.85. The maximum Gasteiger partial charge on any atom is 0.379 e. The third kappa shape index (κ3) is 2.56. The van der Waals surface area contributed by atoms with Crippen LogP contribution >= 0.6 is 0 Å². The molecular weight excluding hydrogens is 268 g/mol. The number of carbonyl (C=O) groups excluding carboxylic acids is 1. The molecule has 0 aliphatic carbocycles. The fourth-order valence-electron chi connectivity index (χ4n) is 2.22. The fourth-order valence-corrected chi connectivity index (χ4v) is 2.22. The minimum absolute atomic E-state index is 0.0398. The lowest BCUT2D eigenvalue weighted by Gasteiger charge is -2.07. The van der Waals surface area contributed by atoms with Crippen LogP contribution in [0.5, 0.6) is 5.75 Å². The first-order chi connectivity index (χ1) is 10.3. The number of aldehydes is 1. The average molecular weight is 280 g/mol. The van der Waals surface area contributed by atoms with Gasteiger partial charge in [-0.2, -0.15) is 0 Å². The van der Waals surface area contributed by atoms with Gasteiger partial charge in [0.05, 0.1) is 0 Å². The summed E-state index contributed by atoms with van der Waals surface area (Å²) in [6.45, 7) is -0.177. The maximum absolute atomic E-state index is 11.8. The predicted molar refractivity (Wildman–Crippen MR) is 79.5 cm³/mol. The Morgan fingerprint density at radius 3 is 2.62 bits per heavy atom. The van der Waals surface area contributed by atoms with Gasteiger partial charge in [0.25, 0.3) is 0 Å². The summed E-state index contributed by atoms with van der Waals surface area (Å²) in [6.07, 6.45) is 0.590. The zero-order valence-electron chi connectivity index (χ0n) is 11.1. The summed E-state index contributed by atoms with van der Waals surface area (Å²) in [4.78, 5) is 22.2. The van der Waals surface area contributed by atoms with Crippen molar-refractivity contribution in [1.29, 1.82) is 0 Å². The molecule has 0 N–H and O–H groups in total. The molecule has 0 amide bonds. The number of benzene rings is 2. The Morgan fingerprint density at radius 1 is 1.05 bits per heavy atom. The number of hydrogen-bond donors (Lipinski definition) is 0. The number of ether oxygens (including phenoxy) is 1. The average Bonchev–Trinajstić information content (AvgIpc) is 2.53. The van der Waals surface area contributed by atoms with Gasteiger partial charge in [-0.1, -0.05) is 42.5 Å². The lowest BCUT2D eigenvalue weighted by Crippen LogP contribution is -2.08. The van der Waals surface area contributed by atoms with Gasteiger partial charge in [0, 0.05) is 5.39 Å². The van der Waals surface area contributed by atoms with E-state index in [1.165, 1.54) is 0 Å². The van der Waals surface area contributed by atoms with Crippen LogP contribution < -0.4 is 10.4 Å². The first kappa shape index (κ1) is 13.1. The molecule has 0 aliphatic heterocycles. The molecule has 21 heavy (non-hydrogen) atoms. The zero-order chi connectivity index (χ0) is 14.7. The van der Waals surface area contributed by atoms with Crippen LogP contribution in [0.1, 0.15) is 0 Å². The van der Waals surface area contributed by atoms with E-state index in [2.05, 4.69) is 0 Å². The third-order valence-corrected chi connectivity index (χ3v) is 3.14. The summed E-state index contributed by atoms with van der Waals surface area (Å²) >= 11 is 0. The van der Waals surface area contributed by atoms with Crippen molar-refractivity contribution < 1.29 is 13.9 Å². The molecule has 0 spiro atoms. The molecule has 0 atom stereocenters. The molecule has 1 heterocycles. The highest BCUT2D eigenvalue weighted by atomic mass is 16.5. The van der Waals surface area contributed by atoms with Gasteiger partial charge in [0.1, 0.15) is 12.2 Å². The second kappa shape index (κ2) is 5.63. The first-order valence-electron chi connectivity index (χ1n) is 6.48. The second-order valence-corrected chi connectivity index (χ2v) is 4.46. The van der Waals surface area contributed by atoms with Gasteiger partial charge in [-0.15, -0.1) is 0 Å². The van der Waals surface area contributed by atoms with Gasteiger partial charge < -0.3 is 9.15 Å². The molecule has 4 nitrogen and oxygen atoms in total. The summed E-state index contributed by atoms with van der Waals surface area (Å²) < 4.78 is 10.4. The van der Waals surface area contributed by atoms with E-state index in [0.717, 1.165) is 16.5 Å². The lowest BCUT2D eigenvalue weighted by molar-refractivity contribution is -0.109. The van der Waals surface area contributed by atoms with Crippen molar-refractivity contribution in [1.82, 2.24) is 0 Å². The van der Waals surface area contributed by atoms with Crippen molar-refractivity contribution in [2.24, 2.45) is 0 Å². The molecule has 0 bridgehead atoms. The first-order valence-corrected chi connectivity index (χ1v) is 6.48. The van der Waals surface area contributed by atoms with E-state index in [-0.39, 0.29) is 12.4 Å². The normalized spacial score (nSPS) is 10.5. The second-order valence-electron chi connectivity index (χ2n) is 4.46. The summed E-state index contributed by atoms with van der Waals surface area (Å²) in [7, 11) is 0. The quantitative estimate of drug-likeness (QED) is 0.544. The molecule has 3 aromatic rings. The van der Waals surface area contributed by atoms with Crippen LogP contribution in [-0.4, -0.2) is 12.9 Å². The fraction of sp³-hybridized carbons (Fsp3) is 0.0588. The van der Waals surface area contributed by atoms with Crippen LogP contribution in [0.2, 0.25) is 0 Å². The Morgan fingerprint density at radius 2 is 1.86 bits per heavy atom. The molecule has 0 fully saturated rings. The van der Waals surface area contributed by atoms with Crippen LogP contribution in [0.25, 0.3) is 22.1 Å². The van der Waals surface area contributed by atoms with Gasteiger partial charge in [-0.3, -0.25) is 4.79 Å². The highest BCUT2D eigenvalue weighted by Gasteiger charge is 2.10. The van der Waals surface area contributed by atoms with Crippen LogP contribution in [0.3, 0.4) is 0 Å². The van der Waals surface area contributed by atoms with Crippen molar-refractivity contribution >= 4 is 17.3 Å². The molecule has 104 valence electrons. The van der Waals surface area contributed by atoms with E-state index in [1.807, 2.05) is 42.5 Å². The number of carbonyl (C=O) groups is 1. The van der Waals surface area contributed by atoms with Gasteiger partial charge in [0.2, 0.25) is 5.75 Å². The highest BCUT2D eigenvalue weighted by molar-refractivity contribution is 5.94. The van der Waals surface area contributed by atoms with Crippen LogP contribution in [-0.2, 0) is 4.79 Å². The Labute approximate surface area is 120 Å². The molecular formula is C17H12O4. The van der Waals surface area contributed by atoms with Crippen LogP contribution in [0.15, 0.2) is 63.8 Å². The van der Waals surface area contributed by atoms with Crippen molar-refractivity contribution in [2.75, 3.05) is 6.61 Å².